The molecule has 2 heterocycles. The summed E-state index contributed by atoms with van der Waals surface area (Å²) in [6.07, 6.45) is 5.56. The predicted molar refractivity (Wildman–Crippen MR) is 60.9 cm³/mol. The van der Waals surface area contributed by atoms with Gasteiger partial charge < -0.3 is 9.84 Å². The van der Waals surface area contributed by atoms with E-state index in [1.807, 2.05) is 6.92 Å². The molecule has 1 fully saturated rings. The topological polar surface area (TPSA) is 79.7 Å². The molecule has 88 valence electrons. The van der Waals surface area contributed by atoms with Crippen LogP contribution in [0.2, 0.25) is 0 Å². The van der Waals surface area contributed by atoms with Crippen molar-refractivity contribution in [2.75, 3.05) is 5.32 Å². The number of nitrogens with zero attached hydrogens (tertiary/aromatic N) is 3. The number of anilines is 1. The lowest BCUT2D eigenvalue weighted by Crippen LogP contribution is -2.16. The summed E-state index contributed by atoms with van der Waals surface area (Å²) in [5.74, 6) is 1.20. The molecule has 0 aliphatic heterocycles. The summed E-state index contributed by atoms with van der Waals surface area (Å²) in [5, 5.41) is 11.0. The van der Waals surface area contributed by atoms with Crippen LogP contribution >= 0.6 is 0 Å². The Hall–Kier alpha value is -2.11. The molecule has 0 atom stereocenters. The first-order chi connectivity index (χ1) is 8.24. The molecule has 0 saturated heterocycles. The van der Waals surface area contributed by atoms with E-state index in [1.54, 1.807) is 12.3 Å². The van der Waals surface area contributed by atoms with Crippen LogP contribution in [0.3, 0.4) is 0 Å². The van der Waals surface area contributed by atoms with Gasteiger partial charge in [-0.2, -0.15) is 4.98 Å². The Balaban J connectivity index is 2.00. The maximum Gasteiger partial charge on any atom is 0.267 e. The van der Waals surface area contributed by atoms with Crippen molar-refractivity contribution in [2.45, 2.75) is 25.8 Å². The van der Waals surface area contributed by atoms with E-state index in [2.05, 4.69) is 15.3 Å². The fraction of sp³-hybridized carbons (Fsp3) is 0.364. The third-order valence-corrected chi connectivity index (χ3v) is 2.67. The van der Waals surface area contributed by atoms with Crippen molar-refractivity contribution >= 4 is 5.82 Å². The Morgan fingerprint density at radius 3 is 3.00 bits per heavy atom. The van der Waals surface area contributed by atoms with Gasteiger partial charge in [-0.3, -0.25) is 5.41 Å². The molecule has 17 heavy (non-hydrogen) atoms. The van der Waals surface area contributed by atoms with Crippen LogP contribution in [0.25, 0.3) is 5.95 Å². The van der Waals surface area contributed by atoms with Gasteiger partial charge in [0.05, 0.1) is 0 Å². The molecule has 1 aliphatic rings. The van der Waals surface area contributed by atoms with E-state index in [4.69, 9.17) is 9.93 Å². The molecule has 0 aromatic carbocycles. The summed E-state index contributed by atoms with van der Waals surface area (Å²) < 4.78 is 6.43. The molecule has 2 aromatic rings. The van der Waals surface area contributed by atoms with Crippen molar-refractivity contribution in [3.63, 3.8) is 0 Å². The SMILES string of the molecule is Cc1cnc(-n2occc2=N)nc1NC1CC1. The second-order valence-corrected chi connectivity index (χ2v) is 4.21. The van der Waals surface area contributed by atoms with Crippen molar-refractivity contribution in [3.8, 4) is 5.95 Å². The van der Waals surface area contributed by atoms with Gasteiger partial charge in [0, 0.05) is 23.9 Å². The van der Waals surface area contributed by atoms with E-state index < -0.39 is 0 Å². The number of aromatic nitrogens is 3. The molecule has 0 amide bonds. The summed E-state index contributed by atoms with van der Waals surface area (Å²) in [4.78, 5) is 8.55. The highest BCUT2D eigenvalue weighted by atomic mass is 16.5. The Labute approximate surface area is 97.8 Å². The van der Waals surface area contributed by atoms with E-state index in [1.165, 1.54) is 23.8 Å². The molecule has 3 rings (SSSR count). The van der Waals surface area contributed by atoms with Crippen molar-refractivity contribution in [1.82, 2.24) is 14.7 Å². The highest BCUT2D eigenvalue weighted by Crippen LogP contribution is 2.25. The zero-order valence-corrected chi connectivity index (χ0v) is 9.47. The predicted octanol–water partition coefficient (Wildman–Crippen LogP) is 1.22. The van der Waals surface area contributed by atoms with Gasteiger partial charge in [-0.05, 0) is 19.8 Å². The summed E-state index contributed by atoms with van der Waals surface area (Å²) in [6, 6.07) is 2.09. The van der Waals surface area contributed by atoms with Gasteiger partial charge in [0.15, 0.2) is 5.49 Å². The van der Waals surface area contributed by atoms with Crippen LogP contribution in [0.15, 0.2) is 23.0 Å². The lowest BCUT2D eigenvalue weighted by atomic mass is 10.3. The molecule has 2 N–H and O–H groups in total. The number of aryl methyl sites for hydroxylation is 1. The van der Waals surface area contributed by atoms with Crippen LogP contribution in [-0.4, -0.2) is 20.7 Å². The number of nitrogens with one attached hydrogen (secondary N) is 2. The Kier molecular flexibility index (Phi) is 2.21. The monoisotopic (exact) mass is 231 g/mol. The Bertz CT molecular complexity index is 596. The molecule has 0 radical (unpaired) electrons. The zero-order valence-electron chi connectivity index (χ0n) is 9.47. The van der Waals surface area contributed by atoms with Crippen LogP contribution in [0.4, 0.5) is 5.82 Å². The molecule has 1 aliphatic carbocycles. The van der Waals surface area contributed by atoms with E-state index in [-0.39, 0.29) is 5.49 Å². The van der Waals surface area contributed by atoms with Gasteiger partial charge in [0.2, 0.25) is 0 Å². The molecule has 0 spiro atoms. The zero-order chi connectivity index (χ0) is 11.8. The van der Waals surface area contributed by atoms with Gasteiger partial charge in [0.1, 0.15) is 12.1 Å². The van der Waals surface area contributed by atoms with E-state index in [9.17, 15) is 0 Å². The van der Waals surface area contributed by atoms with Crippen LogP contribution in [0.5, 0.6) is 0 Å². The van der Waals surface area contributed by atoms with Crippen LogP contribution < -0.4 is 10.8 Å². The van der Waals surface area contributed by atoms with Gasteiger partial charge in [-0.1, -0.05) is 0 Å². The molecule has 2 aromatic heterocycles. The fourth-order valence-electron chi connectivity index (χ4n) is 1.53. The largest absolute Gasteiger partial charge is 0.378 e. The highest BCUT2D eigenvalue weighted by molar-refractivity contribution is 5.45. The smallest absolute Gasteiger partial charge is 0.267 e. The summed E-state index contributed by atoms with van der Waals surface area (Å²) in [6.45, 7) is 1.96. The normalized spacial score (nSPS) is 14.9. The first-order valence-electron chi connectivity index (χ1n) is 5.56. The standard InChI is InChI=1S/C11H13N5O/c1-7-6-13-11(16-9(12)4-5-17-16)15-10(7)14-8-2-3-8/h4-6,8,12H,2-3H2,1H3,(H,13,14,15). The van der Waals surface area contributed by atoms with Crippen LogP contribution in [-0.2, 0) is 0 Å². The summed E-state index contributed by atoms with van der Waals surface area (Å²) in [5.41, 5.74) is 1.23. The minimum Gasteiger partial charge on any atom is -0.378 e. The first-order valence-corrected chi connectivity index (χ1v) is 5.56. The number of hydrogen-bond donors (Lipinski definition) is 2. The van der Waals surface area contributed by atoms with Crippen LogP contribution in [0.1, 0.15) is 18.4 Å². The van der Waals surface area contributed by atoms with Gasteiger partial charge in [0.25, 0.3) is 5.95 Å². The lowest BCUT2D eigenvalue weighted by molar-refractivity contribution is 0.324. The van der Waals surface area contributed by atoms with E-state index in [0.29, 0.717) is 12.0 Å². The summed E-state index contributed by atoms with van der Waals surface area (Å²) >= 11 is 0. The molecule has 0 bridgehead atoms. The molecule has 0 unspecified atom stereocenters. The highest BCUT2D eigenvalue weighted by Gasteiger charge is 2.22. The lowest BCUT2D eigenvalue weighted by Gasteiger charge is -2.08. The third kappa shape index (κ3) is 1.93. The minimum absolute atomic E-state index is 0.228. The first kappa shape index (κ1) is 10.1. The number of hydrogen-bond acceptors (Lipinski definition) is 5. The maximum atomic E-state index is 7.64. The van der Waals surface area contributed by atoms with Crippen LogP contribution in [0, 0.1) is 12.3 Å². The second-order valence-electron chi connectivity index (χ2n) is 4.21. The van der Waals surface area contributed by atoms with E-state index in [0.717, 1.165) is 11.4 Å². The van der Waals surface area contributed by atoms with Gasteiger partial charge in [-0.15, -0.1) is 4.74 Å². The van der Waals surface area contributed by atoms with Crippen molar-refractivity contribution < 1.29 is 4.52 Å². The van der Waals surface area contributed by atoms with Gasteiger partial charge in [-0.25, -0.2) is 4.98 Å². The quantitative estimate of drug-likeness (QED) is 0.832. The minimum atomic E-state index is 0.228. The third-order valence-electron chi connectivity index (χ3n) is 2.67. The molecular formula is C11H13N5O. The molecule has 1 saturated carbocycles. The van der Waals surface area contributed by atoms with Crippen molar-refractivity contribution in [2.24, 2.45) is 0 Å². The average molecular weight is 231 g/mol. The van der Waals surface area contributed by atoms with Gasteiger partial charge >= 0.3 is 0 Å². The fourth-order valence-corrected chi connectivity index (χ4v) is 1.53. The Morgan fingerprint density at radius 1 is 1.53 bits per heavy atom. The van der Waals surface area contributed by atoms with Crippen molar-refractivity contribution in [1.29, 1.82) is 5.41 Å². The maximum absolute atomic E-state index is 7.64. The number of rotatable bonds is 3. The Morgan fingerprint density at radius 2 is 2.35 bits per heavy atom. The van der Waals surface area contributed by atoms with Crippen molar-refractivity contribution in [3.05, 3.63) is 29.6 Å². The molecular weight excluding hydrogens is 218 g/mol. The second kappa shape index (κ2) is 3.73. The molecule has 6 heteroatoms. The molecule has 6 nitrogen and oxygen atoms in total. The summed E-state index contributed by atoms with van der Waals surface area (Å²) in [7, 11) is 0. The van der Waals surface area contributed by atoms with E-state index >= 15 is 0 Å². The average Bonchev–Trinajstić information content (AvgIpc) is 3.03.